The van der Waals surface area contributed by atoms with Crippen LogP contribution in [0.2, 0.25) is 0 Å². The second-order valence-electron chi connectivity index (χ2n) is 5.66. The molecule has 2 rings (SSSR count). The van der Waals surface area contributed by atoms with Crippen LogP contribution in [0.4, 0.5) is 5.95 Å². The number of nitrogens with zero attached hydrogens (tertiary/aromatic N) is 4. The number of piperazine rings is 1. The average molecular weight is 278 g/mol. The van der Waals surface area contributed by atoms with Crippen LogP contribution in [0.25, 0.3) is 0 Å². The van der Waals surface area contributed by atoms with Crippen molar-refractivity contribution in [2.24, 2.45) is 5.92 Å². The first kappa shape index (κ1) is 14.7. The van der Waals surface area contributed by atoms with Crippen molar-refractivity contribution in [3.63, 3.8) is 0 Å². The molecule has 1 aliphatic heterocycles. The SMILES string of the molecule is Cc1nc(N2CCN(CC(C)C)CC2)ncc1C(=O)O. The van der Waals surface area contributed by atoms with Crippen LogP contribution in [0.1, 0.15) is 29.9 Å². The molecule has 110 valence electrons. The number of anilines is 1. The zero-order valence-corrected chi connectivity index (χ0v) is 12.3. The van der Waals surface area contributed by atoms with E-state index in [2.05, 4.69) is 33.6 Å². The number of hydrogen-bond acceptors (Lipinski definition) is 5. The first-order chi connectivity index (χ1) is 9.47. The zero-order valence-electron chi connectivity index (χ0n) is 12.3. The number of carbonyl (C=O) groups is 1. The molecule has 1 saturated heterocycles. The molecule has 6 heteroatoms. The summed E-state index contributed by atoms with van der Waals surface area (Å²) in [4.78, 5) is 24.0. The molecule has 2 heterocycles. The van der Waals surface area contributed by atoms with Crippen LogP contribution in [0, 0.1) is 12.8 Å². The highest BCUT2D eigenvalue weighted by Crippen LogP contribution is 2.14. The van der Waals surface area contributed by atoms with Crippen molar-refractivity contribution in [1.29, 1.82) is 0 Å². The lowest BCUT2D eigenvalue weighted by molar-refractivity contribution is 0.0695. The predicted octanol–water partition coefficient (Wildman–Crippen LogP) is 1.26. The number of carboxylic acid groups (broad SMARTS) is 1. The maximum Gasteiger partial charge on any atom is 0.339 e. The Hall–Kier alpha value is -1.69. The third-order valence-corrected chi connectivity index (χ3v) is 3.48. The van der Waals surface area contributed by atoms with Gasteiger partial charge in [-0.3, -0.25) is 4.90 Å². The van der Waals surface area contributed by atoms with Crippen LogP contribution in [0.15, 0.2) is 6.20 Å². The molecule has 1 fully saturated rings. The summed E-state index contributed by atoms with van der Waals surface area (Å²) in [6.45, 7) is 11.1. The molecule has 1 aromatic heterocycles. The fourth-order valence-corrected chi connectivity index (χ4v) is 2.46. The van der Waals surface area contributed by atoms with Crippen LogP contribution in [-0.2, 0) is 0 Å². The molecule has 1 aliphatic rings. The molecule has 0 spiro atoms. The predicted molar refractivity (Wildman–Crippen MR) is 77.2 cm³/mol. The summed E-state index contributed by atoms with van der Waals surface area (Å²) in [6, 6.07) is 0. The van der Waals surface area contributed by atoms with E-state index in [1.165, 1.54) is 6.20 Å². The number of hydrogen-bond donors (Lipinski definition) is 1. The fourth-order valence-electron chi connectivity index (χ4n) is 2.46. The smallest absolute Gasteiger partial charge is 0.339 e. The monoisotopic (exact) mass is 278 g/mol. The Morgan fingerprint density at radius 2 is 2.00 bits per heavy atom. The van der Waals surface area contributed by atoms with Gasteiger partial charge < -0.3 is 10.0 Å². The Morgan fingerprint density at radius 1 is 1.35 bits per heavy atom. The lowest BCUT2D eigenvalue weighted by Crippen LogP contribution is -2.48. The van der Waals surface area contributed by atoms with Crippen LogP contribution < -0.4 is 4.90 Å². The molecule has 0 aromatic carbocycles. The molecule has 1 aromatic rings. The average Bonchev–Trinajstić information content (AvgIpc) is 2.38. The molecule has 0 radical (unpaired) electrons. The van der Waals surface area contributed by atoms with Gasteiger partial charge in [-0.25, -0.2) is 14.8 Å². The number of aromatic carboxylic acids is 1. The fraction of sp³-hybridized carbons (Fsp3) is 0.643. The molecule has 0 unspecified atom stereocenters. The molecule has 0 bridgehead atoms. The third-order valence-electron chi connectivity index (χ3n) is 3.48. The van der Waals surface area contributed by atoms with Crippen molar-refractivity contribution in [3.05, 3.63) is 17.5 Å². The van der Waals surface area contributed by atoms with Gasteiger partial charge in [0.1, 0.15) is 0 Å². The van der Waals surface area contributed by atoms with E-state index in [-0.39, 0.29) is 5.56 Å². The molecular weight excluding hydrogens is 256 g/mol. The van der Waals surface area contributed by atoms with Crippen molar-refractivity contribution in [3.8, 4) is 0 Å². The van der Waals surface area contributed by atoms with Crippen molar-refractivity contribution in [2.75, 3.05) is 37.6 Å². The number of carboxylic acids is 1. The first-order valence-electron chi connectivity index (χ1n) is 7.01. The molecular formula is C14H22N4O2. The van der Waals surface area contributed by atoms with Crippen LogP contribution in [0.3, 0.4) is 0 Å². The lowest BCUT2D eigenvalue weighted by Gasteiger charge is -2.35. The maximum absolute atomic E-state index is 11.0. The van der Waals surface area contributed by atoms with Gasteiger partial charge in [-0.05, 0) is 12.8 Å². The number of rotatable bonds is 4. The molecule has 6 nitrogen and oxygen atoms in total. The highest BCUT2D eigenvalue weighted by Gasteiger charge is 2.20. The summed E-state index contributed by atoms with van der Waals surface area (Å²) < 4.78 is 0. The van der Waals surface area contributed by atoms with Crippen LogP contribution in [0.5, 0.6) is 0 Å². The minimum Gasteiger partial charge on any atom is -0.478 e. The van der Waals surface area contributed by atoms with Gasteiger partial charge in [-0.1, -0.05) is 13.8 Å². The van der Waals surface area contributed by atoms with Crippen molar-refractivity contribution >= 4 is 11.9 Å². The molecule has 0 saturated carbocycles. The largest absolute Gasteiger partial charge is 0.478 e. The van der Waals surface area contributed by atoms with Gasteiger partial charge in [0.25, 0.3) is 0 Å². The van der Waals surface area contributed by atoms with Crippen molar-refractivity contribution < 1.29 is 9.90 Å². The van der Waals surface area contributed by atoms with E-state index < -0.39 is 5.97 Å². The maximum atomic E-state index is 11.0. The Kier molecular flexibility index (Phi) is 4.54. The van der Waals surface area contributed by atoms with Crippen molar-refractivity contribution in [1.82, 2.24) is 14.9 Å². The summed E-state index contributed by atoms with van der Waals surface area (Å²) in [5.41, 5.74) is 0.694. The van der Waals surface area contributed by atoms with E-state index in [0.717, 1.165) is 32.7 Å². The van der Waals surface area contributed by atoms with E-state index in [4.69, 9.17) is 5.11 Å². The second kappa shape index (κ2) is 6.17. The molecule has 20 heavy (non-hydrogen) atoms. The van der Waals surface area contributed by atoms with E-state index in [9.17, 15) is 4.79 Å². The summed E-state index contributed by atoms with van der Waals surface area (Å²) >= 11 is 0. The third kappa shape index (κ3) is 3.45. The van der Waals surface area contributed by atoms with Gasteiger partial charge in [0, 0.05) is 38.9 Å². The van der Waals surface area contributed by atoms with Crippen LogP contribution >= 0.6 is 0 Å². The topological polar surface area (TPSA) is 69.6 Å². The zero-order chi connectivity index (χ0) is 14.7. The Bertz CT molecular complexity index is 482. The van der Waals surface area contributed by atoms with Crippen molar-refractivity contribution in [2.45, 2.75) is 20.8 Å². The summed E-state index contributed by atoms with van der Waals surface area (Å²) in [5.74, 6) is 0.336. The number of aromatic nitrogens is 2. The van der Waals surface area contributed by atoms with E-state index in [1.54, 1.807) is 6.92 Å². The van der Waals surface area contributed by atoms with Gasteiger partial charge in [-0.2, -0.15) is 0 Å². The Balaban J connectivity index is 2.00. The summed E-state index contributed by atoms with van der Waals surface area (Å²) in [7, 11) is 0. The molecule has 0 aliphatic carbocycles. The van der Waals surface area contributed by atoms with Gasteiger partial charge in [-0.15, -0.1) is 0 Å². The number of aryl methyl sites for hydroxylation is 1. The molecule has 1 N–H and O–H groups in total. The highest BCUT2D eigenvalue weighted by atomic mass is 16.4. The summed E-state index contributed by atoms with van der Waals surface area (Å²) in [6.07, 6.45) is 1.40. The second-order valence-corrected chi connectivity index (χ2v) is 5.66. The standard InChI is InChI=1S/C14H22N4O2/c1-10(2)9-17-4-6-18(7-5-17)14-15-8-12(13(19)20)11(3)16-14/h8,10H,4-7,9H2,1-3H3,(H,19,20). The molecule has 0 atom stereocenters. The van der Waals surface area contributed by atoms with E-state index >= 15 is 0 Å². The van der Waals surface area contributed by atoms with Gasteiger partial charge in [0.05, 0.1) is 11.3 Å². The normalized spacial score (nSPS) is 16.7. The molecule has 0 amide bonds. The highest BCUT2D eigenvalue weighted by molar-refractivity contribution is 5.88. The van der Waals surface area contributed by atoms with E-state index in [0.29, 0.717) is 17.6 Å². The minimum absolute atomic E-state index is 0.173. The van der Waals surface area contributed by atoms with E-state index in [1.807, 2.05) is 0 Å². The first-order valence-corrected chi connectivity index (χ1v) is 7.01. The Morgan fingerprint density at radius 3 is 2.50 bits per heavy atom. The van der Waals surface area contributed by atoms with Gasteiger partial charge >= 0.3 is 5.97 Å². The summed E-state index contributed by atoms with van der Waals surface area (Å²) in [5, 5.41) is 8.99. The Labute approximate surface area is 119 Å². The minimum atomic E-state index is -0.976. The lowest BCUT2D eigenvalue weighted by atomic mass is 10.2. The van der Waals surface area contributed by atoms with Gasteiger partial charge in [0.2, 0.25) is 5.95 Å². The van der Waals surface area contributed by atoms with Gasteiger partial charge in [0.15, 0.2) is 0 Å². The quantitative estimate of drug-likeness (QED) is 0.894. The van der Waals surface area contributed by atoms with Crippen LogP contribution in [-0.4, -0.2) is 58.7 Å².